The van der Waals surface area contributed by atoms with E-state index in [9.17, 15) is 9.59 Å². The summed E-state index contributed by atoms with van der Waals surface area (Å²) in [6.07, 6.45) is -0.0768. The number of rotatable bonds is 6. The van der Waals surface area contributed by atoms with Crippen molar-refractivity contribution in [3.63, 3.8) is 0 Å². The standard InChI is InChI=1S/C22H26N2O4/c1-3-20(28-19-9-4-6-16(2)14-19)21(25)23-18-8-5-7-17(15-18)22(26)24-10-12-27-13-11-24/h4-9,14-15,20H,3,10-13H2,1-2H3,(H,23,25)/t20-/m0/s1. The van der Waals surface area contributed by atoms with Crippen LogP contribution in [0, 0.1) is 6.92 Å². The number of carbonyl (C=O) groups excluding carboxylic acids is 2. The average Bonchev–Trinajstić information content (AvgIpc) is 2.72. The lowest BCUT2D eigenvalue weighted by Crippen LogP contribution is -2.40. The Kier molecular flexibility index (Phi) is 6.66. The van der Waals surface area contributed by atoms with Crippen LogP contribution in [0.1, 0.15) is 29.3 Å². The van der Waals surface area contributed by atoms with Crippen molar-refractivity contribution in [3.05, 3.63) is 59.7 Å². The minimum Gasteiger partial charge on any atom is -0.481 e. The maximum Gasteiger partial charge on any atom is 0.265 e. The monoisotopic (exact) mass is 382 g/mol. The van der Waals surface area contributed by atoms with Crippen molar-refractivity contribution in [2.75, 3.05) is 31.6 Å². The van der Waals surface area contributed by atoms with E-state index in [1.165, 1.54) is 0 Å². The molecule has 0 saturated carbocycles. The van der Waals surface area contributed by atoms with Gasteiger partial charge in [0.15, 0.2) is 6.10 Å². The normalized spacial score (nSPS) is 15.0. The number of ether oxygens (including phenoxy) is 2. The Bertz CT molecular complexity index is 831. The number of amides is 2. The zero-order valence-corrected chi connectivity index (χ0v) is 16.3. The van der Waals surface area contributed by atoms with Crippen LogP contribution in [0.4, 0.5) is 5.69 Å². The molecule has 1 N–H and O–H groups in total. The highest BCUT2D eigenvalue weighted by atomic mass is 16.5. The highest BCUT2D eigenvalue weighted by molar-refractivity contribution is 5.98. The van der Waals surface area contributed by atoms with Crippen molar-refractivity contribution in [1.82, 2.24) is 4.90 Å². The molecule has 0 radical (unpaired) electrons. The summed E-state index contributed by atoms with van der Waals surface area (Å²) in [5.41, 5.74) is 2.20. The van der Waals surface area contributed by atoms with Crippen LogP contribution in [0.3, 0.4) is 0 Å². The van der Waals surface area contributed by atoms with Gasteiger partial charge in [0, 0.05) is 24.3 Å². The van der Waals surface area contributed by atoms with Gasteiger partial charge in [-0.15, -0.1) is 0 Å². The molecule has 148 valence electrons. The van der Waals surface area contributed by atoms with Crippen LogP contribution >= 0.6 is 0 Å². The number of nitrogens with zero attached hydrogens (tertiary/aromatic N) is 1. The van der Waals surface area contributed by atoms with Gasteiger partial charge in [-0.3, -0.25) is 9.59 Å². The van der Waals surface area contributed by atoms with E-state index in [1.54, 1.807) is 29.2 Å². The van der Waals surface area contributed by atoms with Crippen LogP contribution in [0.2, 0.25) is 0 Å². The van der Waals surface area contributed by atoms with Crippen molar-refractivity contribution in [2.45, 2.75) is 26.4 Å². The zero-order chi connectivity index (χ0) is 19.9. The number of hydrogen-bond acceptors (Lipinski definition) is 4. The van der Waals surface area contributed by atoms with Crippen LogP contribution in [0.5, 0.6) is 5.75 Å². The van der Waals surface area contributed by atoms with Gasteiger partial charge < -0.3 is 19.7 Å². The summed E-state index contributed by atoms with van der Waals surface area (Å²) >= 11 is 0. The van der Waals surface area contributed by atoms with Crippen LogP contribution in [-0.2, 0) is 9.53 Å². The van der Waals surface area contributed by atoms with Crippen molar-refractivity contribution < 1.29 is 19.1 Å². The number of anilines is 1. The molecule has 1 saturated heterocycles. The summed E-state index contributed by atoms with van der Waals surface area (Å²) in [7, 11) is 0. The fourth-order valence-electron chi connectivity index (χ4n) is 3.08. The smallest absolute Gasteiger partial charge is 0.265 e. The number of benzene rings is 2. The minimum atomic E-state index is -0.611. The molecule has 1 atom stereocenters. The van der Waals surface area contributed by atoms with Crippen LogP contribution in [0.25, 0.3) is 0 Å². The van der Waals surface area contributed by atoms with E-state index in [0.29, 0.717) is 49.7 Å². The van der Waals surface area contributed by atoms with E-state index in [-0.39, 0.29) is 11.8 Å². The third-order valence-electron chi connectivity index (χ3n) is 4.61. The number of carbonyl (C=O) groups is 2. The lowest BCUT2D eigenvalue weighted by molar-refractivity contribution is -0.122. The molecule has 28 heavy (non-hydrogen) atoms. The van der Waals surface area contributed by atoms with E-state index in [1.807, 2.05) is 38.1 Å². The molecular formula is C22H26N2O4. The van der Waals surface area contributed by atoms with Gasteiger partial charge in [0.2, 0.25) is 0 Å². The molecule has 0 unspecified atom stereocenters. The van der Waals surface area contributed by atoms with Gasteiger partial charge in [-0.05, 0) is 49.2 Å². The Morgan fingerprint density at radius 1 is 1.14 bits per heavy atom. The topological polar surface area (TPSA) is 67.9 Å². The predicted molar refractivity (Wildman–Crippen MR) is 108 cm³/mol. The van der Waals surface area contributed by atoms with Crippen molar-refractivity contribution in [2.24, 2.45) is 0 Å². The molecule has 2 aromatic rings. The SMILES string of the molecule is CC[C@H](Oc1cccc(C)c1)C(=O)Nc1cccc(C(=O)N2CCOCC2)c1. The van der Waals surface area contributed by atoms with E-state index in [4.69, 9.17) is 9.47 Å². The first-order valence-electron chi connectivity index (χ1n) is 9.58. The second kappa shape index (κ2) is 9.37. The second-order valence-corrected chi connectivity index (χ2v) is 6.81. The van der Waals surface area contributed by atoms with Gasteiger partial charge in [0.05, 0.1) is 13.2 Å². The maximum atomic E-state index is 12.7. The first kappa shape index (κ1) is 19.9. The summed E-state index contributed by atoms with van der Waals surface area (Å²) in [6, 6.07) is 14.6. The van der Waals surface area contributed by atoms with E-state index in [0.717, 1.165) is 5.56 Å². The molecule has 1 aliphatic heterocycles. The molecule has 1 heterocycles. The number of nitrogens with one attached hydrogen (secondary N) is 1. The van der Waals surface area contributed by atoms with Crippen LogP contribution in [-0.4, -0.2) is 49.1 Å². The van der Waals surface area contributed by atoms with Gasteiger partial charge in [-0.2, -0.15) is 0 Å². The molecule has 2 amide bonds. The number of morpholine rings is 1. The average molecular weight is 382 g/mol. The van der Waals surface area contributed by atoms with Gasteiger partial charge in [0.25, 0.3) is 11.8 Å². The van der Waals surface area contributed by atoms with E-state index < -0.39 is 6.10 Å². The lowest BCUT2D eigenvalue weighted by Gasteiger charge is -2.27. The van der Waals surface area contributed by atoms with Gasteiger partial charge in [-0.25, -0.2) is 0 Å². The molecule has 1 fully saturated rings. The summed E-state index contributed by atoms with van der Waals surface area (Å²) in [5, 5.41) is 2.87. The highest BCUT2D eigenvalue weighted by Crippen LogP contribution is 2.18. The van der Waals surface area contributed by atoms with Gasteiger partial charge in [-0.1, -0.05) is 25.1 Å². The molecule has 3 rings (SSSR count). The Morgan fingerprint density at radius 3 is 2.61 bits per heavy atom. The first-order valence-corrected chi connectivity index (χ1v) is 9.58. The molecule has 6 heteroatoms. The van der Waals surface area contributed by atoms with Crippen molar-refractivity contribution in [3.8, 4) is 5.75 Å². The fraction of sp³-hybridized carbons (Fsp3) is 0.364. The van der Waals surface area contributed by atoms with E-state index in [2.05, 4.69) is 5.32 Å². The molecule has 2 aromatic carbocycles. The Balaban J connectivity index is 1.66. The molecule has 6 nitrogen and oxygen atoms in total. The summed E-state index contributed by atoms with van der Waals surface area (Å²) < 4.78 is 11.1. The summed E-state index contributed by atoms with van der Waals surface area (Å²) in [6.45, 7) is 6.14. The predicted octanol–water partition coefficient (Wildman–Crippen LogP) is 3.26. The zero-order valence-electron chi connectivity index (χ0n) is 16.3. The summed E-state index contributed by atoms with van der Waals surface area (Å²) in [4.78, 5) is 27.1. The molecular weight excluding hydrogens is 356 g/mol. The highest BCUT2D eigenvalue weighted by Gasteiger charge is 2.21. The first-order chi connectivity index (χ1) is 13.6. The van der Waals surface area contributed by atoms with Crippen LogP contribution in [0.15, 0.2) is 48.5 Å². The largest absolute Gasteiger partial charge is 0.481 e. The number of aryl methyl sites for hydroxylation is 1. The quantitative estimate of drug-likeness (QED) is 0.833. The molecule has 0 aliphatic carbocycles. The van der Waals surface area contributed by atoms with Crippen LogP contribution < -0.4 is 10.1 Å². The van der Waals surface area contributed by atoms with Crippen molar-refractivity contribution >= 4 is 17.5 Å². The Morgan fingerprint density at radius 2 is 1.89 bits per heavy atom. The Labute approximate surface area is 165 Å². The fourth-order valence-corrected chi connectivity index (χ4v) is 3.08. The minimum absolute atomic E-state index is 0.0533. The maximum absolute atomic E-state index is 12.7. The van der Waals surface area contributed by atoms with Gasteiger partial charge >= 0.3 is 0 Å². The lowest BCUT2D eigenvalue weighted by atomic mass is 10.1. The third kappa shape index (κ3) is 5.10. The Hall–Kier alpha value is -2.86. The molecule has 1 aliphatic rings. The molecule has 0 aromatic heterocycles. The van der Waals surface area contributed by atoms with Gasteiger partial charge in [0.1, 0.15) is 5.75 Å². The molecule has 0 bridgehead atoms. The summed E-state index contributed by atoms with van der Waals surface area (Å²) in [5.74, 6) is 0.376. The van der Waals surface area contributed by atoms with Crippen molar-refractivity contribution in [1.29, 1.82) is 0 Å². The second-order valence-electron chi connectivity index (χ2n) is 6.81. The number of hydrogen-bond donors (Lipinski definition) is 1. The third-order valence-corrected chi connectivity index (χ3v) is 4.61. The molecule has 0 spiro atoms. The van der Waals surface area contributed by atoms with E-state index >= 15 is 0 Å².